The van der Waals surface area contributed by atoms with E-state index in [4.69, 9.17) is 9.47 Å². The number of ether oxygens (including phenoxy) is 2. The van der Waals surface area contributed by atoms with E-state index in [2.05, 4.69) is 75.3 Å². The quantitative estimate of drug-likeness (QED) is 0.185. The van der Waals surface area contributed by atoms with E-state index in [1.165, 1.54) is 5.56 Å². The standard InChI is InChI=1S/C25H19I2NO3/c1-15-6-5-8-17(10-15)14-30-23-20(26)11-18(12-21(23)27)13-22-25(29)31-24(28-22)19-9-4-3-7-16(19)2/h3-13H,14H2,1-2H3/b22-13-. The Kier molecular flexibility index (Phi) is 6.76. The van der Waals surface area contributed by atoms with Crippen LogP contribution in [0.5, 0.6) is 5.75 Å². The van der Waals surface area contributed by atoms with Crippen LogP contribution >= 0.6 is 45.2 Å². The van der Waals surface area contributed by atoms with Gasteiger partial charge in [-0.25, -0.2) is 9.79 Å². The number of nitrogens with zero attached hydrogens (tertiary/aromatic N) is 1. The summed E-state index contributed by atoms with van der Waals surface area (Å²) in [7, 11) is 0. The topological polar surface area (TPSA) is 47.9 Å². The fourth-order valence-corrected chi connectivity index (χ4v) is 5.38. The maximum absolute atomic E-state index is 12.4. The number of carbonyl (C=O) groups excluding carboxylic acids is 1. The highest BCUT2D eigenvalue weighted by molar-refractivity contribution is 14.1. The molecule has 3 aromatic rings. The molecule has 0 N–H and O–H groups in total. The van der Waals surface area contributed by atoms with Crippen LogP contribution in [0, 0.1) is 21.0 Å². The van der Waals surface area contributed by atoms with Crippen molar-refractivity contribution >= 4 is 63.1 Å². The number of hydrogen-bond donors (Lipinski definition) is 0. The summed E-state index contributed by atoms with van der Waals surface area (Å²) in [4.78, 5) is 16.8. The van der Waals surface area contributed by atoms with Gasteiger partial charge in [0.15, 0.2) is 5.70 Å². The lowest BCUT2D eigenvalue weighted by molar-refractivity contribution is -0.129. The van der Waals surface area contributed by atoms with Crippen LogP contribution in [0.1, 0.15) is 27.8 Å². The third-order valence-corrected chi connectivity index (χ3v) is 6.39. The minimum Gasteiger partial charge on any atom is -0.487 e. The van der Waals surface area contributed by atoms with Gasteiger partial charge in [-0.2, -0.15) is 0 Å². The molecular weight excluding hydrogens is 616 g/mol. The molecule has 1 heterocycles. The minimum atomic E-state index is -0.442. The molecule has 0 radical (unpaired) electrons. The molecule has 0 saturated carbocycles. The van der Waals surface area contributed by atoms with Gasteiger partial charge in [0, 0.05) is 5.56 Å². The number of halogens is 2. The number of carbonyl (C=O) groups is 1. The van der Waals surface area contributed by atoms with E-state index in [0.29, 0.717) is 18.2 Å². The summed E-state index contributed by atoms with van der Waals surface area (Å²) < 4.78 is 13.4. The first-order valence-corrected chi connectivity index (χ1v) is 11.8. The number of benzene rings is 3. The Bertz CT molecular complexity index is 1210. The maximum atomic E-state index is 12.4. The second-order valence-electron chi connectivity index (χ2n) is 7.24. The molecule has 3 aromatic carbocycles. The Labute approximate surface area is 208 Å². The summed E-state index contributed by atoms with van der Waals surface area (Å²) in [5.74, 6) is 0.739. The van der Waals surface area contributed by atoms with Crippen molar-refractivity contribution in [2.45, 2.75) is 20.5 Å². The first kappa shape index (κ1) is 22.0. The molecule has 1 aliphatic heterocycles. The van der Waals surface area contributed by atoms with Gasteiger partial charge >= 0.3 is 5.97 Å². The smallest absolute Gasteiger partial charge is 0.363 e. The minimum absolute atomic E-state index is 0.290. The molecule has 0 spiro atoms. The number of cyclic esters (lactones) is 1. The number of hydrogen-bond acceptors (Lipinski definition) is 4. The summed E-state index contributed by atoms with van der Waals surface area (Å²) in [6.45, 7) is 4.54. The van der Waals surface area contributed by atoms with Gasteiger partial charge in [0.1, 0.15) is 12.4 Å². The molecule has 1 aliphatic rings. The number of rotatable bonds is 5. The van der Waals surface area contributed by atoms with E-state index >= 15 is 0 Å². The summed E-state index contributed by atoms with van der Waals surface area (Å²) in [5.41, 5.74) is 5.33. The zero-order chi connectivity index (χ0) is 22.0. The van der Waals surface area contributed by atoms with Crippen molar-refractivity contribution in [1.29, 1.82) is 0 Å². The fraction of sp³-hybridized carbons (Fsp3) is 0.120. The first-order chi connectivity index (χ1) is 14.9. The van der Waals surface area contributed by atoms with Crippen molar-refractivity contribution in [2.24, 2.45) is 4.99 Å². The van der Waals surface area contributed by atoms with Crippen molar-refractivity contribution in [3.8, 4) is 5.75 Å². The summed E-state index contributed by atoms with van der Waals surface area (Å²) in [6.07, 6.45) is 1.75. The Morgan fingerprint density at radius 1 is 1.00 bits per heavy atom. The third kappa shape index (κ3) is 5.17. The van der Waals surface area contributed by atoms with Crippen LogP contribution in [0.2, 0.25) is 0 Å². The number of esters is 1. The van der Waals surface area contributed by atoms with Crippen LogP contribution in [0.4, 0.5) is 0 Å². The molecule has 4 nitrogen and oxygen atoms in total. The zero-order valence-corrected chi connectivity index (χ0v) is 21.3. The molecule has 0 bridgehead atoms. The van der Waals surface area contributed by atoms with Gasteiger partial charge < -0.3 is 9.47 Å². The average Bonchev–Trinajstić information content (AvgIpc) is 3.08. The second kappa shape index (κ2) is 9.52. The van der Waals surface area contributed by atoms with Crippen LogP contribution in [-0.4, -0.2) is 11.9 Å². The van der Waals surface area contributed by atoms with Gasteiger partial charge in [-0.15, -0.1) is 0 Å². The normalized spacial score (nSPS) is 14.5. The molecule has 0 saturated heterocycles. The summed E-state index contributed by atoms with van der Waals surface area (Å²) >= 11 is 4.52. The van der Waals surface area contributed by atoms with Crippen LogP contribution in [0.15, 0.2) is 71.4 Å². The molecular formula is C25H19I2NO3. The van der Waals surface area contributed by atoms with Crippen molar-refractivity contribution in [1.82, 2.24) is 0 Å². The molecule has 0 unspecified atom stereocenters. The van der Waals surface area contributed by atoms with Gasteiger partial charge in [-0.1, -0.05) is 48.0 Å². The van der Waals surface area contributed by atoms with E-state index in [-0.39, 0.29) is 0 Å². The second-order valence-corrected chi connectivity index (χ2v) is 9.57. The van der Waals surface area contributed by atoms with E-state index in [0.717, 1.165) is 35.1 Å². The lowest BCUT2D eigenvalue weighted by Crippen LogP contribution is -2.06. The lowest BCUT2D eigenvalue weighted by Gasteiger charge is -2.12. The Hall–Kier alpha value is -2.20. The SMILES string of the molecule is Cc1cccc(COc2c(I)cc(/C=C3\N=C(c4ccccc4C)OC3=O)cc2I)c1. The molecule has 6 heteroatoms. The first-order valence-electron chi connectivity index (χ1n) is 9.66. The summed E-state index contributed by atoms with van der Waals surface area (Å²) in [5, 5.41) is 0. The fourth-order valence-electron chi connectivity index (χ4n) is 3.25. The summed E-state index contributed by atoms with van der Waals surface area (Å²) in [6, 6.07) is 20.0. The molecule has 0 aliphatic carbocycles. The van der Waals surface area contributed by atoms with Crippen molar-refractivity contribution < 1.29 is 14.3 Å². The molecule has 31 heavy (non-hydrogen) atoms. The van der Waals surface area contributed by atoms with Gasteiger partial charge in [-0.05, 0) is 100.0 Å². The van der Waals surface area contributed by atoms with Crippen molar-refractivity contribution in [3.63, 3.8) is 0 Å². The predicted octanol–water partition coefficient (Wildman–Crippen LogP) is 6.44. The van der Waals surface area contributed by atoms with Gasteiger partial charge in [0.05, 0.1) is 7.14 Å². The highest BCUT2D eigenvalue weighted by Gasteiger charge is 2.25. The average molecular weight is 635 g/mol. The molecule has 0 aromatic heterocycles. The molecule has 0 fully saturated rings. The van der Waals surface area contributed by atoms with Crippen LogP contribution in [0.3, 0.4) is 0 Å². The maximum Gasteiger partial charge on any atom is 0.363 e. The van der Waals surface area contributed by atoms with Gasteiger partial charge in [0.25, 0.3) is 0 Å². The monoisotopic (exact) mass is 635 g/mol. The molecule has 4 rings (SSSR count). The Balaban J connectivity index is 1.57. The lowest BCUT2D eigenvalue weighted by atomic mass is 10.1. The highest BCUT2D eigenvalue weighted by atomic mass is 127. The molecule has 0 amide bonds. The van der Waals surface area contributed by atoms with E-state index in [9.17, 15) is 4.79 Å². The Morgan fingerprint density at radius 2 is 1.74 bits per heavy atom. The number of aryl methyl sites for hydroxylation is 2. The third-order valence-electron chi connectivity index (χ3n) is 4.79. The van der Waals surface area contributed by atoms with Crippen molar-refractivity contribution in [2.75, 3.05) is 0 Å². The highest BCUT2D eigenvalue weighted by Crippen LogP contribution is 2.31. The molecule has 0 atom stereocenters. The van der Waals surface area contributed by atoms with E-state index in [1.807, 2.05) is 49.4 Å². The predicted molar refractivity (Wildman–Crippen MR) is 139 cm³/mol. The zero-order valence-electron chi connectivity index (χ0n) is 17.0. The van der Waals surface area contributed by atoms with E-state index in [1.54, 1.807) is 6.08 Å². The largest absolute Gasteiger partial charge is 0.487 e. The van der Waals surface area contributed by atoms with Crippen LogP contribution < -0.4 is 4.74 Å². The Morgan fingerprint density at radius 3 is 2.45 bits per heavy atom. The van der Waals surface area contributed by atoms with Crippen LogP contribution in [0.25, 0.3) is 6.08 Å². The van der Waals surface area contributed by atoms with Crippen molar-refractivity contribution in [3.05, 3.63) is 101 Å². The van der Waals surface area contributed by atoms with E-state index < -0.39 is 5.97 Å². The van der Waals surface area contributed by atoms with Gasteiger partial charge in [-0.3, -0.25) is 0 Å². The van der Waals surface area contributed by atoms with Gasteiger partial charge in [0.2, 0.25) is 5.90 Å². The molecule has 156 valence electrons. The number of aliphatic imine (C=N–C) groups is 1. The van der Waals surface area contributed by atoms with Crippen LogP contribution in [-0.2, 0) is 16.1 Å².